The highest BCUT2D eigenvalue weighted by atomic mass is 19.4. The number of aryl methyl sites for hydroxylation is 1. The average Bonchev–Trinajstić information content (AvgIpc) is 3.25. The van der Waals surface area contributed by atoms with Crippen LogP contribution in [0.15, 0.2) is 47.7 Å². The highest BCUT2D eigenvalue weighted by Crippen LogP contribution is 2.33. The predicted molar refractivity (Wildman–Crippen MR) is 138 cm³/mol. The molecule has 0 aliphatic heterocycles. The molecule has 0 saturated heterocycles. The van der Waals surface area contributed by atoms with Crippen molar-refractivity contribution < 1.29 is 36.3 Å². The number of esters is 1. The summed E-state index contributed by atoms with van der Waals surface area (Å²) in [5.41, 5.74) is -1.52. The lowest BCUT2D eigenvalue weighted by molar-refractivity contribution is -0.152. The van der Waals surface area contributed by atoms with Crippen LogP contribution in [-0.2, 0) is 20.5 Å². The average molecular weight is 575 g/mol. The normalized spacial score (nSPS) is 12.5. The number of nitrogens with zero attached hydrogens (tertiary/aromatic N) is 6. The number of aromatic nitrogens is 4. The van der Waals surface area contributed by atoms with E-state index in [0.29, 0.717) is 17.3 Å². The maximum atomic E-state index is 15.4. The Bertz CT molecular complexity index is 1670. The van der Waals surface area contributed by atoms with Gasteiger partial charge in [0.2, 0.25) is 6.10 Å². The number of ether oxygens (including phenoxy) is 1. The van der Waals surface area contributed by atoms with Crippen LogP contribution in [0.1, 0.15) is 29.8 Å². The highest BCUT2D eigenvalue weighted by molar-refractivity contribution is 5.96. The second-order valence-corrected chi connectivity index (χ2v) is 8.96. The van der Waals surface area contributed by atoms with E-state index in [4.69, 9.17) is 4.74 Å². The number of hydrogen-bond acceptors (Lipinski definition) is 7. The van der Waals surface area contributed by atoms with E-state index in [2.05, 4.69) is 25.4 Å². The number of rotatable bonds is 7. The summed E-state index contributed by atoms with van der Waals surface area (Å²) in [7, 11) is 3.46. The van der Waals surface area contributed by atoms with Crippen LogP contribution in [0.3, 0.4) is 0 Å². The molecule has 4 rings (SSSR count). The Morgan fingerprint density at radius 3 is 2.51 bits per heavy atom. The number of carbonyl (C=O) groups is 2. The maximum Gasteiger partial charge on any atom is 0.416 e. The molecular formula is C26H22F5N7O3. The highest BCUT2D eigenvalue weighted by Gasteiger charge is 2.33. The molecule has 41 heavy (non-hydrogen) atoms. The molecule has 2 aromatic heterocycles. The van der Waals surface area contributed by atoms with Crippen molar-refractivity contribution in [3.05, 3.63) is 71.2 Å². The molecule has 15 heteroatoms. The molecule has 4 aromatic rings. The zero-order valence-electron chi connectivity index (χ0n) is 22.0. The first-order valence-corrected chi connectivity index (χ1v) is 11.8. The number of halogens is 5. The zero-order valence-corrected chi connectivity index (χ0v) is 22.0. The molecule has 1 N–H and O–H groups in total. The molecule has 0 saturated carbocycles. The molecular weight excluding hydrogens is 553 g/mol. The van der Waals surface area contributed by atoms with E-state index < -0.39 is 47.0 Å². The third-order valence-corrected chi connectivity index (χ3v) is 5.61. The Morgan fingerprint density at radius 2 is 1.85 bits per heavy atom. The summed E-state index contributed by atoms with van der Waals surface area (Å²) in [6, 6.07) is 5.69. The fraction of sp³-hybridized carbons (Fsp3) is 0.231. The minimum absolute atomic E-state index is 0.131. The first-order valence-electron chi connectivity index (χ1n) is 11.8. The molecule has 2 heterocycles. The number of carbonyl (C=O) groups excluding carboxylic acids is 2. The lowest BCUT2D eigenvalue weighted by atomic mass is 10.0. The summed E-state index contributed by atoms with van der Waals surface area (Å²) in [5.74, 6) is -4.98. The van der Waals surface area contributed by atoms with Crippen molar-refractivity contribution in [3.63, 3.8) is 0 Å². The molecule has 0 aliphatic rings. The van der Waals surface area contributed by atoms with Crippen LogP contribution in [0.5, 0.6) is 0 Å². The van der Waals surface area contributed by atoms with Gasteiger partial charge in [0.1, 0.15) is 23.0 Å². The van der Waals surface area contributed by atoms with Crippen LogP contribution in [0.2, 0.25) is 0 Å². The van der Waals surface area contributed by atoms with Crippen molar-refractivity contribution in [1.29, 1.82) is 0 Å². The van der Waals surface area contributed by atoms with Crippen molar-refractivity contribution in [2.75, 3.05) is 19.4 Å². The molecule has 10 nitrogen and oxygen atoms in total. The van der Waals surface area contributed by atoms with Gasteiger partial charge in [0.05, 0.1) is 23.3 Å². The van der Waals surface area contributed by atoms with E-state index in [1.807, 2.05) is 0 Å². The van der Waals surface area contributed by atoms with Gasteiger partial charge >= 0.3 is 12.1 Å². The van der Waals surface area contributed by atoms with Gasteiger partial charge in [0.25, 0.3) is 5.91 Å². The van der Waals surface area contributed by atoms with E-state index in [1.165, 1.54) is 12.7 Å². The van der Waals surface area contributed by atoms with Gasteiger partial charge in [-0.15, -0.1) is 0 Å². The van der Waals surface area contributed by atoms with Crippen molar-refractivity contribution >= 4 is 40.8 Å². The Labute approximate surface area is 229 Å². The Morgan fingerprint density at radius 1 is 1.12 bits per heavy atom. The van der Waals surface area contributed by atoms with Crippen molar-refractivity contribution in [1.82, 2.24) is 24.6 Å². The van der Waals surface area contributed by atoms with Gasteiger partial charge < -0.3 is 15.0 Å². The first kappa shape index (κ1) is 29.0. The topological polar surface area (TPSA) is 115 Å². The van der Waals surface area contributed by atoms with E-state index in [0.717, 1.165) is 41.9 Å². The lowest BCUT2D eigenvalue weighted by Gasteiger charge is -2.19. The van der Waals surface area contributed by atoms with Crippen LogP contribution in [-0.4, -0.2) is 57.0 Å². The zero-order chi connectivity index (χ0) is 30.1. The third kappa shape index (κ3) is 6.13. The van der Waals surface area contributed by atoms with E-state index in [1.54, 1.807) is 25.9 Å². The van der Waals surface area contributed by atoms with Crippen LogP contribution in [0.25, 0.3) is 16.7 Å². The largest absolute Gasteiger partial charge is 0.447 e. The summed E-state index contributed by atoms with van der Waals surface area (Å²) < 4.78 is 76.3. The fourth-order valence-electron chi connectivity index (χ4n) is 3.83. The molecule has 2 aromatic carbocycles. The summed E-state index contributed by atoms with van der Waals surface area (Å²) in [6.45, 7) is 2.55. The van der Waals surface area contributed by atoms with Gasteiger partial charge in [-0.1, -0.05) is 12.1 Å². The minimum atomic E-state index is -4.74. The number of alkyl halides is 3. The van der Waals surface area contributed by atoms with Crippen LogP contribution in [0, 0.1) is 18.6 Å². The summed E-state index contributed by atoms with van der Waals surface area (Å²) >= 11 is 0. The molecule has 1 unspecified atom stereocenters. The smallest absolute Gasteiger partial charge is 0.416 e. The molecule has 0 fully saturated rings. The SMILES string of the molecule is CC(=O)OC(C(=O)Nc1ccc(-n2nc(C)c3ncnc(/N=C/N(C)C)c32)c(F)c1F)c1cccc(C(F)(F)F)c1. The first-order chi connectivity index (χ1) is 19.3. The second kappa shape index (κ2) is 11.3. The van der Waals surface area contributed by atoms with Gasteiger partial charge in [-0.25, -0.2) is 28.4 Å². The number of anilines is 1. The number of benzene rings is 2. The summed E-state index contributed by atoms with van der Waals surface area (Å²) in [4.78, 5) is 38.7. The molecule has 1 amide bonds. The number of nitrogens with one attached hydrogen (secondary N) is 1. The summed E-state index contributed by atoms with van der Waals surface area (Å²) in [6.07, 6.45) is -3.92. The van der Waals surface area contributed by atoms with E-state index >= 15 is 8.78 Å². The Balaban J connectivity index is 1.72. The van der Waals surface area contributed by atoms with Gasteiger partial charge in [0, 0.05) is 26.6 Å². The van der Waals surface area contributed by atoms with E-state index in [-0.39, 0.29) is 22.6 Å². The number of aliphatic imine (C=N–C) groups is 1. The minimum Gasteiger partial charge on any atom is -0.447 e. The van der Waals surface area contributed by atoms with Crippen LogP contribution < -0.4 is 5.32 Å². The number of hydrogen-bond donors (Lipinski definition) is 1. The lowest BCUT2D eigenvalue weighted by Crippen LogP contribution is -2.26. The monoisotopic (exact) mass is 575 g/mol. The fourth-order valence-corrected chi connectivity index (χ4v) is 3.83. The van der Waals surface area contributed by atoms with Gasteiger partial charge in [-0.2, -0.15) is 18.3 Å². The number of fused-ring (bicyclic) bond motifs is 1. The van der Waals surface area contributed by atoms with Gasteiger partial charge in [-0.05, 0) is 31.2 Å². The quantitative estimate of drug-likeness (QED) is 0.145. The number of amides is 1. The second-order valence-electron chi connectivity index (χ2n) is 8.96. The van der Waals surface area contributed by atoms with Crippen LogP contribution >= 0.6 is 0 Å². The Hall–Kier alpha value is -4.95. The van der Waals surface area contributed by atoms with Crippen molar-refractivity contribution in [2.45, 2.75) is 26.1 Å². The van der Waals surface area contributed by atoms with Gasteiger partial charge in [-0.3, -0.25) is 9.59 Å². The van der Waals surface area contributed by atoms with E-state index in [9.17, 15) is 22.8 Å². The van der Waals surface area contributed by atoms with Crippen molar-refractivity contribution in [3.8, 4) is 5.69 Å². The van der Waals surface area contributed by atoms with Crippen molar-refractivity contribution in [2.24, 2.45) is 4.99 Å². The predicted octanol–water partition coefficient (Wildman–Crippen LogP) is 4.89. The maximum absolute atomic E-state index is 15.4. The standard InChI is InChI=1S/C26H22F5N7O3/c1-13-21-22(24(33-11-32-21)34-12-37(3)4)38(36-13)18-9-8-17(19(27)20(18)28)35-25(40)23(41-14(2)39)15-6-5-7-16(10-15)26(29,30)31/h5-12,23H,1-4H3,(H,35,40)/b34-12+. The molecule has 0 aliphatic carbocycles. The molecule has 0 spiro atoms. The molecule has 214 valence electrons. The third-order valence-electron chi connectivity index (χ3n) is 5.61. The molecule has 0 bridgehead atoms. The van der Waals surface area contributed by atoms with Crippen LogP contribution in [0.4, 0.5) is 33.5 Å². The molecule has 1 atom stereocenters. The Kier molecular flexibility index (Phi) is 7.98. The molecule has 0 radical (unpaired) electrons. The summed E-state index contributed by atoms with van der Waals surface area (Å²) in [5, 5.41) is 6.33. The van der Waals surface area contributed by atoms with Gasteiger partial charge in [0.15, 0.2) is 17.5 Å².